The Bertz CT molecular complexity index is 415. The van der Waals surface area contributed by atoms with Crippen molar-refractivity contribution in [2.24, 2.45) is 0 Å². The molecule has 13 heavy (non-hydrogen) atoms. The van der Waals surface area contributed by atoms with Crippen molar-refractivity contribution in [2.45, 2.75) is 11.4 Å². The number of aromatic nitrogens is 2. The van der Waals surface area contributed by atoms with Crippen LogP contribution in [0.4, 0.5) is 14.6 Å². The molecule has 0 fully saturated rings. The van der Waals surface area contributed by atoms with Crippen LogP contribution in [0.1, 0.15) is 6.55 Å². The lowest BCUT2D eigenvalue weighted by Gasteiger charge is -2.00. The summed E-state index contributed by atoms with van der Waals surface area (Å²) in [5.41, 5.74) is 5.05. The smallest absolute Gasteiger partial charge is 0.335 e. The van der Waals surface area contributed by atoms with Crippen molar-refractivity contribution in [3.8, 4) is 0 Å². The second-order valence-electron chi connectivity index (χ2n) is 2.05. The molecule has 0 saturated heterocycles. The molecule has 0 atom stereocenters. The third-order valence-corrected chi connectivity index (χ3v) is 2.58. The maximum absolute atomic E-state index is 12.0. The van der Waals surface area contributed by atoms with Crippen LogP contribution in [0.25, 0.3) is 0 Å². The van der Waals surface area contributed by atoms with Crippen molar-refractivity contribution in [3.05, 3.63) is 6.20 Å². The maximum atomic E-state index is 12.0. The van der Waals surface area contributed by atoms with Crippen LogP contribution in [0.3, 0.4) is 0 Å². The van der Waals surface area contributed by atoms with E-state index in [-0.39, 0.29) is 4.68 Å². The standard InChI is InChI=1S/C4H4ClF2N3O2S/c5-13(11,12)2-1-9-10(3(2)8)4(6)7/h1,4H,8H2. The Balaban J connectivity index is 3.30. The highest BCUT2D eigenvalue weighted by Gasteiger charge is 2.22. The molecule has 0 radical (unpaired) electrons. The van der Waals surface area contributed by atoms with Crippen LogP contribution in [0, 0.1) is 0 Å². The number of nitrogen functional groups attached to an aromatic ring is 1. The third-order valence-electron chi connectivity index (χ3n) is 1.25. The van der Waals surface area contributed by atoms with Gasteiger partial charge in [0.1, 0.15) is 10.7 Å². The van der Waals surface area contributed by atoms with Crippen LogP contribution in [-0.2, 0) is 9.05 Å². The van der Waals surface area contributed by atoms with Crippen molar-refractivity contribution in [1.82, 2.24) is 9.78 Å². The number of rotatable bonds is 2. The van der Waals surface area contributed by atoms with E-state index in [1.807, 2.05) is 0 Å². The molecular formula is C4H4ClF2N3O2S. The Morgan fingerprint density at radius 3 is 2.38 bits per heavy atom. The van der Waals surface area contributed by atoms with Gasteiger partial charge in [-0.3, -0.25) is 0 Å². The summed E-state index contributed by atoms with van der Waals surface area (Å²) in [6.07, 6.45) is 0.670. The summed E-state index contributed by atoms with van der Waals surface area (Å²) in [7, 11) is 0.760. The predicted molar refractivity (Wildman–Crippen MR) is 40.9 cm³/mol. The highest BCUT2D eigenvalue weighted by atomic mass is 35.7. The number of nitrogens with zero attached hydrogens (tertiary/aromatic N) is 2. The highest BCUT2D eigenvalue weighted by Crippen LogP contribution is 2.24. The van der Waals surface area contributed by atoms with E-state index < -0.39 is 26.3 Å². The lowest BCUT2D eigenvalue weighted by Crippen LogP contribution is -2.06. The minimum absolute atomic E-state index is 0.0647. The monoisotopic (exact) mass is 231 g/mol. The second kappa shape index (κ2) is 3.11. The molecule has 0 aliphatic rings. The molecule has 5 nitrogen and oxygen atoms in total. The summed E-state index contributed by atoms with van der Waals surface area (Å²) in [6.45, 7) is -2.99. The van der Waals surface area contributed by atoms with Gasteiger partial charge in [-0.2, -0.15) is 18.6 Å². The van der Waals surface area contributed by atoms with Crippen LogP contribution < -0.4 is 5.73 Å². The van der Waals surface area contributed by atoms with E-state index in [0.717, 1.165) is 0 Å². The van der Waals surface area contributed by atoms with E-state index in [1.165, 1.54) is 0 Å². The molecule has 1 heterocycles. The largest absolute Gasteiger partial charge is 0.383 e. The summed E-state index contributed by atoms with van der Waals surface area (Å²) in [6, 6.07) is 0. The summed E-state index contributed by atoms with van der Waals surface area (Å²) in [5, 5.41) is 3.06. The van der Waals surface area contributed by atoms with E-state index in [0.29, 0.717) is 6.20 Å². The zero-order valence-corrected chi connectivity index (χ0v) is 7.56. The van der Waals surface area contributed by atoms with Crippen LogP contribution >= 0.6 is 10.7 Å². The first-order valence-corrected chi connectivity index (χ1v) is 5.20. The van der Waals surface area contributed by atoms with Crippen LogP contribution in [0.5, 0.6) is 0 Å². The van der Waals surface area contributed by atoms with Crippen LogP contribution in [-0.4, -0.2) is 18.2 Å². The Hall–Kier alpha value is -0.890. The fourth-order valence-corrected chi connectivity index (χ4v) is 1.57. The van der Waals surface area contributed by atoms with E-state index in [4.69, 9.17) is 16.4 Å². The van der Waals surface area contributed by atoms with Gasteiger partial charge in [-0.1, -0.05) is 0 Å². The molecule has 0 spiro atoms. The summed E-state index contributed by atoms with van der Waals surface area (Å²) in [4.78, 5) is -0.616. The van der Waals surface area contributed by atoms with Gasteiger partial charge in [0.2, 0.25) is 0 Å². The molecule has 74 valence electrons. The van der Waals surface area contributed by atoms with Gasteiger partial charge in [0.05, 0.1) is 6.20 Å². The van der Waals surface area contributed by atoms with Crippen LogP contribution in [0.2, 0.25) is 0 Å². The van der Waals surface area contributed by atoms with Crippen molar-refractivity contribution < 1.29 is 17.2 Å². The highest BCUT2D eigenvalue weighted by molar-refractivity contribution is 8.13. The minimum Gasteiger partial charge on any atom is -0.383 e. The van der Waals surface area contributed by atoms with Crippen LogP contribution in [0.15, 0.2) is 11.1 Å². The molecule has 1 aromatic heterocycles. The molecule has 0 amide bonds. The molecule has 0 saturated carbocycles. The first-order chi connectivity index (χ1) is 5.84. The van der Waals surface area contributed by atoms with Gasteiger partial charge in [0.15, 0.2) is 0 Å². The average Bonchev–Trinajstić information content (AvgIpc) is 2.28. The van der Waals surface area contributed by atoms with Gasteiger partial charge in [-0.05, 0) is 0 Å². The van der Waals surface area contributed by atoms with E-state index >= 15 is 0 Å². The lowest BCUT2D eigenvalue weighted by atomic mass is 10.6. The third kappa shape index (κ3) is 1.89. The normalized spacial score (nSPS) is 12.3. The number of halogens is 3. The van der Waals surface area contributed by atoms with Gasteiger partial charge >= 0.3 is 6.55 Å². The van der Waals surface area contributed by atoms with E-state index in [2.05, 4.69) is 5.10 Å². The molecule has 0 aliphatic carbocycles. The number of anilines is 1. The summed E-state index contributed by atoms with van der Waals surface area (Å²) >= 11 is 0. The summed E-state index contributed by atoms with van der Waals surface area (Å²) < 4.78 is 45.4. The molecule has 1 aromatic rings. The Morgan fingerprint density at radius 2 is 2.15 bits per heavy atom. The van der Waals surface area contributed by atoms with Gasteiger partial charge < -0.3 is 5.73 Å². The van der Waals surface area contributed by atoms with E-state index in [1.54, 1.807) is 0 Å². The maximum Gasteiger partial charge on any atom is 0.335 e. The SMILES string of the molecule is Nc1c(S(=O)(=O)Cl)cnn1C(F)F. The summed E-state index contributed by atoms with van der Waals surface area (Å²) in [5.74, 6) is -0.676. The molecule has 2 N–H and O–H groups in total. The van der Waals surface area contributed by atoms with Gasteiger partial charge in [0.25, 0.3) is 9.05 Å². The van der Waals surface area contributed by atoms with Gasteiger partial charge in [0, 0.05) is 10.7 Å². The number of nitrogens with two attached hydrogens (primary N) is 1. The quantitative estimate of drug-likeness (QED) is 0.764. The first kappa shape index (κ1) is 10.2. The van der Waals surface area contributed by atoms with Crippen molar-refractivity contribution >= 4 is 25.6 Å². The predicted octanol–water partition coefficient (Wildman–Crippen LogP) is 0.788. The number of hydrogen-bond donors (Lipinski definition) is 1. The minimum atomic E-state index is -4.12. The fraction of sp³-hybridized carbons (Fsp3) is 0.250. The molecule has 0 aliphatic heterocycles. The van der Waals surface area contributed by atoms with E-state index in [9.17, 15) is 17.2 Å². The average molecular weight is 232 g/mol. The first-order valence-electron chi connectivity index (χ1n) is 2.90. The Kier molecular flexibility index (Phi) is 2.44. The molecule has 1 rings (SSSR count). The van der Waals surface area contributed by atoms with Gasteiger partial charge in [-0.15, -0.1) is 0 Å². The number of hydrogen-bond acceptors (Lipinski definition) is 4. The second-order valence-corrected chi connectivity index (χ2v) is 4.59. The molecule has 0 unspecified atom stereocenters. The molecule has 9 heteroatoms. The topological polar surface area (TPSA) is 78.0 Å². The van der Waals surface area contributed by atoms with Gasteiger partial charge in [-0.25, -0.2) is 8.42 Å². The number of alkyl halides is 2. The molecular weight excluding hydrogens is 228 g/mol. The Morgan fingerprint density at radius 1 is 1.62 bits per heavy atom. The molecule has 0 bridgehead atoms. The lowest BCUT2D eigenvalue weighted by molar-refractivity contribution is 0.0590. The van der Waals surface area contributed by atoms with Crippen molar-refractivity contribution in [1.29, 1.82) is 0 Å². The molecule has 0 aromatic carbocycles. The Labute approximate surface area is 76.5 Å². The fourth-order valence-electron chi connectivity index (χ4n) is 0.699. The zero-order valence-electron chi connectivity index (χ0n) is 5.99. The van der Waals surface area contributed by atoms with Crippen molar-refractivity contribution in [3.63, 3.8) is 0 Å². The van der Waals surface area contributed by atoms with Crippen molar-refractivity contribution in [2.75, 3.05) is 5.73 Å². The zero-order chi connectivity index (χ0) is 10.2.